The minimum Gasteiger partial charge on any atom is -0.497 e. The Morgan fingerprint density at radius 3 is 2.67 bits per heavy atom. The van der Waals surface area contributed by atoms with Gasteiger partial charge in [-0.1, -0.05) is 0 Å². The number of nitrogens with zero attached hydrogens (tertiary/aromatic N) is 3. The van der Waals surface area contributed by atoms with Crippen LogP contribution in [0, 0.1) is 0 Å². The molecule has 27 heavy (non-hydrogen) atoms. The third-order valence-corrected chi connectivity index (χ3v) is 3.86. The van der Waals surface area contributed by atoms with Gasteiger partial charge in [0, 0.05) is 25.7 Å². The maximum absolute atomic E-state index is 5.90. The Hall–Kier alpha value is -2.68. The van der Waals surface area contributed by atoms with E-state index in [0.29, 0.717) is 25.7 Å². The van der Waals surface area contributed by atoms with Gasteiger partial charge in [-0.05, 0) is 44.6 Å². The standard InChI is InChI=1S/C18H33N7O2/c1-22-18(21)24-9-11-27-16-7-6-15(26-3)12-14(16)13-25(2)10-5-4-8-23-17(19)20/h6-7,12H,4-5,8-11,13H2,1-3H3,(H4,19,20,23)(H3,21,22,24). The SMILES string of the molecule is CN=C(N)NCCOc1ccc(OC)cc1CN(C)CCCCN=C(N)N. The molecule has 0 aliphatic heterocycles. The third kappa shape index (κ3) is 9.55. The van der Waals surface area contributed by atoms with Crippen LogP contribution in [0.2, 0.25) is 0 Å². The first-order valence-corrected chi connectivity index (χ1v) is 8.96. The Balaban J connectivity index is 2.56. The quantitative estimate of drug-likeness (QED) is 0.229. The monoisotopic (exact) mass is 379 g/mol. The lowest BCUT2D eigenvalue weighted by Gasteiger charge is -2.19. The first-order valence-electron chi connectivity index (χ1n) is 8.96. The second-order valence-electron chi connectivity index (χ2n) is 6.11. The van der Waals surface area contributed by atoms with E-state index in [1.54, 1.807) is 14.2 Å². The number of guanidine groups is 2. The van der Waals surface area contributed by atoms with E-state index < -0.39 is 0 Å². The number of nitrogens with one attached hydrogen (secondary N) is 1. The molecule has 0 spiro atoms. The van der Waals surface area contributed by atoms with Crippen molar-refractivity contribution in [2.24, 2.45) is 27.2 Å². The summed E-state index contributed by atoms with van der Waals surface area (Å²) in [5, 5.41) is 2.97. The second kappa shape index (κ2) is 12.6. The predicted molar refractivity (Wildman–Crippen MR) is 110 cm³/mol. The third-order valence-electron chi connectivity index (χ3n) is 3.86. The number of unbranched alkanes of at least 4 members (excludes halogenated alkanes) is 1. The molecule has 1 rings (SSSR count). The Morgan fingerprint density at radius 1 is 1.22 bits per heavy atom. The molecule has 7 N–H and O–H groups in total. The van der Waals surface area contributed by atoms with Crippen LogP contribution in [-0.4, -0.2) is 64.3 Å². The molecular formula is C18H33N7O2. The molecule has 0 aliphatic rings. The van der Waals surface area contributed by atoms with Gasteiger partial charge >= 0.3 is 0 Å². The second-order valence-corrected chi connectivity index (χ2v) is 6.11. The summed E-state index contributed by atoms with van der Waals surface area (Å²) in [6.45, 7) is 3.40. The molecular weight excluding hydrogens is 346 g/mol. The van der Waals surface area contributed by atoms with Gasteiger partial charge in [0.1, 0.15) is 18.1 Å². The van der Waals surface area contributed by atoms with Crippen molar-refractivity contribution in [3.63, 3.8) is 0 Å². The minimum absolute atomic E-state index is 0.142. The highest BCUT2D eigenvalue weighted by Gasteiger charge is 2.09. The Labute approximate surface area is 161 Å². The summed E-state index contributed by atoms with van der Waals surface area (Å²) in [7, 11) is 5.37. The molecule has 0 fully saturated rings. The van der Waals surface area contributed by atoms with E-state index in [0.717, 1.165) is 43.0 Å². The van der Waals surface area contributed by atoms with Crippen molar-refractivity contribution in [3.05, 3.63) is 23.8 Å². The maximum Gasteiger partial charge on any atom is 0.188 e. The van der Waals surface area contributed by atoms with Crippen molar-refractivity contribution in [1.82, 2.24) is 10.2 Å². The zero-order valence-corrected chi connectivity index (χ0v) is 16.6. The molecule has 0 radical (unpaired) electrons. The van der Waals surface area contributed by atoms with E-state index in [9.17, 15) is 0 Å². The van der Waals surface area contributed by atoms with Gasteiger partial charge in [-0.25, -0.2) is 0 Å². The predicted octanol–water partition coefficient (Wildman–Crippen LogP) is 0.0935. The first kappa shape index (κ1) is 22.4. The van der Waals surface area contributed by atoms with Gasteiger partial charge in [-0.15, -0.1) is 0 Å². The number of ether oxygens (including phenoxy) is 2. The van der Waals surface area contributed by atoms with Gasteiger partial charge in [-0.3, -0.25) is 9.98 Å². The molecule has 0 amide bonds. The fraction of sp³-hybridized carbons (Fsp3) is 0.556. The average Bonchev–Trinajstić information content (AvgIpc) is 2.65. The summed E-state index contributed by atoms with van der Waals surface area (Å²) in [6.07, 6.45) is 1.95. The van der Waals surface area contributed by atoms with Crippen molar-refractivity contribution >= 4 is 11.9 Å². The maximum atomic E-state index is 5.90. The van der Waals surface area contributed by atoms with Gasteiger partial charge < -0.3 is 36.9 Å². The molecule has 0 unspecified atom stereocenters. The summed E-state index contributed by atoms with van der Waals surface area (Å²) in [4.78, 5) is 10.1. The van der Waals surface area contributed by atoms with Crippen LogP contribution in [0.3, 0.4) is 0 Å². The summed E-state index contributed by atoms with van der Waals surface area (Å²) >= 11 is 0. The summed E-state index contributed by atoms with van der Waals surface area (Å²) in [5.41, 5.74) is 17.3. The number of aliphatic imine (C=N–C) groups is 2. The number of rotatable bonds is 12. The van der Waals surface area contributed by atoms with E-state index in [4.69, 9.17) is 26.7 Å². The van der Waals surface area contributed by atoms with Crippen molar-refractivity contribution in [2.45, 2.75) is 19.4 Å². The van der Waals surface area contributed by atoms with Crippen molar-refractivity contribution in [2.75, 3.05) is 47.4 Å². The molecule has 0 saturated carbocycles. The van der Waals surface area contributed by atoms with E-state index >= 15 is 0 Å². The van der Waals surface area contributed by atoms with Gasteiger partial charge in [0.2, 0.25) is 0 Å². The van der Waals surface area contributed by atoms with Crippen LogP contribution < -0.4 is 32.0 Å². The lowest BCUT2D eigenvalue weighted by molar-refractivity contribution is 0.291. The highest BCUT2D eigenvalue weighted by molar-refractivity contribution is 5.77. The summed E-state index contributed by atoms with van der Waals surface area (Å²) in [6, 6.07) is 5.82. The van der Waals surface area contributed by atoms with E-state index in [1.165, 1.54) is 0 Å². The molecule has 0 heterocycles. The normalized spacial score (nSPS) is 11.3. The van der Waals surface area contributed by atoms with Crippen LogP contribution in [-0.2, 0) is 6.54 Å². The van der Waals surface area contributed by atoms with Gasteiger partial charge in [0.25, 0.3) is 0 Å². The van der Waals surface area contributed by atoms with Crippen LogP contribution >= 0.6 is 0 Å². The lowest BCUT2D eigenvalue weighted by atomic mass is 10.1. The Kier molecular flexibility index (Phi) is 10.5. The topological polar surface area (TPSA) is 137 Å². The zero-order chi connectivity index (χ0) is 20.1. The number of benzene rings is 1. The minimum atomic E-state index is 0.142. The first-order chi connectivity index (χ1) is 13.0. The molecule has 9 heteroatoms. The van der Waals surface area contributed by atoms with Crippen LogP contribution in [0.4, 0.5) is 0 Å². The van der Waals surface area contributed by atoms with Crippen LogP contribution in [0.25, 0.3) is 0 Å². The van der Waals surface area contributed by atoms with Gasteiger partial charge in [-0.2, -0.15) is 0 Å². The average molecular weight is 380 g/mol. The van der Waals surface area contributed by atoms with Crippen molar-refractivity contribution in [1.29, 1.82) is 0 Å². The highest BCUT2D eigenvalue weighted by Crippen LogP contribution is 2.25. The fourth-order valence-electron chi connectivity index (χ4n) is 2.44. The van der Waals surface area contributed by atoms with E-state index in [2.05, 4.69) is 27.2 Å². The number of methoxy groups -OCH3 is 1. The van der Waals surface area contributed by atoms with E-state index in [1.807, 2.05) is 18.2 Å². The molecule has 0 bridgehead atoms. The Bertz CT molecular complexity index is 616. The smallest absolute Gasteiger partial charge is 0.188 e. The number of hydrogen-bond acceptors (Lipinski definition) is 5. The van der Waals surface area contributed by atoms with Crippen LogP contribution in [0.15, 0.2) is 28.2 Å². The molecule has 152 valence electrons. The number of hydrogen-bond donors (Lipinski definition) is 4. The largest absolute Gasteiger partial charge is 0.497 e. The van der Waals surface area contributed by atoms with Crippen molar-refractivity contribution < 1.29 is 9.47 Å². The molecule has 1 aromatic carbocycles. The molecule has 0 atom stereocenters. The van der Waals surface area contributed by atoms with Gasteiger partial charge in [0.15, 0.2) is 11.9 Å². The molecule has 9 nitrogen and oxygen atoms in total. The summed E-state index contributed by atoms with van der Waals surface area (Å²) in [5.74, 6) is 2.17. The number of nitrogens with two attached hydrogens (primary N) is 3. The summed E-state index contributed by atoms with van der Waals surface area (Å²) < 4.78 is 11.2. The fourth-order valence-corrected chi connectivity index (χ4v) is 2.44. The zero-order valence-electron chi connectivity index (χ0n) is 16.6. The lowest BCUT2D eigenvalue weighted by Crippen LogP contribution is -2.34. The van der Waals surface area contributed by atoms with Crippen LogP contribution in [0.1, 0.15) is 18.4 Å². The van der Waals surface area contributed by atoms with Crippen LogP contribution in [0.5, 0.6) is 11.5 Å². The molecule has 1 aromatic rings. The van der Waals surface area contributed by atoms with Crippen molar-refractivity contribution in [3.8, 4) is 11.5 Å². The molecule has 0 aromatic heterocycles. The van der Waals surface area contributed by atoms with Gasteiger partial charge in [0.05, 0.1) is 13.7 Å². The Morgan fingerprint density at radius 2 is 2.00 bits per heavy atom. The van der Waals surface area contributed by atoms with E-state index in [-0.39, 0.29) is 5.96 Å². The highest BCUT2D eigenvalue weighted by atomic mass is 16.5. The molecule has 0 saturated heterocycles. The molecule has 0 aliphatic carbocycles.